The van der Waals surface area contributed by atoms with E-state index >= 15 is 0 Å². The number of carbonyl (C=O) groups is 1. The van der Waals surface area contributed by atoms with Gasteiger partial charge in [-0.1, -0.05) is 47.5 Å². The van der Waals surface area contributed by atoms with Crippen LogP contribution in [0.15, 0.2) is 53.4 Å². The first-order valence-electron chi connectivity index (χ1n) is 8.72. The van der Waals surface area contributed by atoms with E-state index in [0.717, 1.165) is 0 Å². The van der Waals surface area contributed by atoms with E-state index in [-0.39, 0.29) is 23.9 Å². The lowest BCUT2D eigenvalue weighted by molar-refractivity contribution is -0.135. The molecule has 1 aliphatic heterocycles. The van der Waals surface area contributed by atoms with Crippen molar-refractivity contribution in [1.82, 2.24) is 9.21 Å². The van der Waals surface area contributed by atoms with Gasteiger partial charge in [0.1, 0.15) is 0 Å². The summed E-state index contributed by atoms with van der Waals surface area (Å²) in [5, 5.41) is 0.711. The number of benzene rings is 2. The van der Waals surface area contributed by atoms with E-state index in [9.17, 15) is 13.2 Å². The van der Waals surface area contributed by atoms with Crippen LogP contribution in [-0.2, 0) is 26.1 Å². The van der Waals surface area contributed by atoms with Crippen molar-refractivity contribution in [2.75, 3.05) is 32.8 Å². The number of sulfonamides is 1. The van der Waals surface area contributed by atoms with Crippen molar-refractivity contribution < 1.29 is 17.9 Å². The van der Waals surface area contributed by atoms with E-state index in [4.69, 9.17) is 27.9 Å². The summed E-state index contributed by atoms with van der Waals surface area (Å²) in [6.07, 6.45) is 0. The van der Waals surface area contributed by atoms with Crippen molar-refractivity contribution in [2.24, 2.45) is 0 Å². The quantitative estimate of drug-likeness (QED) is 0.689. The second-order valence-electron chi connectivity index (χ2n) is 6.33. The number of carbonyl (C=O) groups excluding carboxylic acids is 1. The fourth-order valence-corrected chi connectivity index (χ4v) is 4.59. The Morgan fingerprint density at radius 2 is 1.71 bits per heavy atom. The van der Waals surface area contributed by atoms with Gasteiger partial charge in [-0.3, -0.25) is 4.79 Å². The van der Waals surface area contributed by atoms with Crippen LogP contribution >= 0.6 is 23.2 Å². The van der Waals surface area contributed by atoms with Crippen LogP contribution in [0.2, 0.25) is 10.0 Å². The number of rotatable bonds is 6. The summed E-state index contributed by atoms with van der Waals surface area (Å²) in [5.41, 5.74) is 0.642. The molecule has 0 unspecified atom stereocenters. The van der Waals surface area contributed by atoms with E-state index in [1.54, 1.807) is 41.3 Å². The van der Waals surface area contributed by atoms with Gasteiger partial charge in [-0.2, -0.15) is 4.31 Å². The molecular weight excluding hydrogens is 423 g/mol. The molecule has 6 nitrogen and oxygen atoms in total. The number of amides is 1. The fraction of sp³-hybridized carbons (Fsp3) is 0.316. The molecule has 1 heterocycles. The summed E-state index contributed by atoms with van der Waals surface area (Å²) in [6.45, 7) is 1.53. The molecule has 0 bridgehead atoms. The van der Waals surface area contributed by atoms with Gasteiger partial charge in [0, 0.05) is 19.6 Å². The van der Waals surface area contributed by atoms with Crippen molar-refractivity contribution in [1.29, 1.82) is 0 Å². The SMILES string of the molecule is O=C(CN(Cc1ccc(Cl)c(Cl)c1)S(=O)(=O)c1ccccc1)N1CCOCC1. The standard InChI is InChI=1S/C19H20Cl2N2O4S/c20-17-7-6-15(12-18(17)21)13-23(14-19(24)22-8-10-27-11-9-22)28(25,26)16-4-2-1-3-5-16/h1-7,12H,8-11,13-14H2. The maximum Gasteiger partial charge on any atom is 0.243 e. The average Bonchev–Trinajstić information content (AvgIpc) is 2.71. The first-order valence-corrected chi connectivity index (χ1v) is 10.9. The zero-order valence-electron chi connectivity index (χ0n) is 15.1. The van der Waals surface area contributed by atoms with Crippen molar-refractivity contribution >= 4 is 39.1 Å². The van der Waals surface area contributed by atoms with Crippen LogP contribution < -0.4 is 0 Å². The lowest BCUT2D eigenvalue weighted by Gasteiger charge is -2.29. The van der Waals surface area contributed by atoms with Gasteiger partial charge in [-0.05, 0) is 29.8 Å². The zero-order valence-corrected chi connectivity index (χ0v) is 17.4. The lowest BCUT2D eigenvalue weighted by atomic mass is 10.2. The Morgan fingerprint density at radius 1 is 1.04 bits per heavy atom. The van der Waals surface area contributed by atoms with E-state index in [0.29, 0.717) is 41.9 Å². The summed E-state index contributed by atoms with van der Waals surface area (Å²) < 4.78 is 32.8. The van der Waals surface area contributed by atoms with Gasteiger partial charge < -0.3 is 9.64 Å². The van der Waals surface area contributed by atoms with Gasteiger partial charge in [-0.15, -0.1) is 0 Å². The van der Waals surface area contributed by atoms with Crippen LogP contribution in [0, 0.1) is 0 Å². The Morgan fingerprint density at radius 3 is 2.36 bits per heavy atom. The third-order valence-electron chi connectivity index (χ3n) is 4.40. The van der Waals surface area contributed by atoms with Crippen LogP contribution in [0.1, 0.15) is 5.56 Å². The molecule has 0 aromatic heterocycles. The number of ether oxygens (including phenoxy) is 1. The second kappa shape index (κ2) is 9.24. The molecule has 0 radical (unpaired) electrons. The lowest BCUT2D eigenvalue weighted by Crippen LogP contribution is -2.46. The molecule has 0 atom stereocenters. The highest BCUT2D eigenvalue weighted by Gasteiger charge is 2.29. The molecular formula is C19H20Cl2N2O4S. The maximum absolute atomic E-state index is 13.2. The molecule has 0 spiro atoms. The van der Waals surface area contributed by atoms with Gasteiger partial charge in [-0.25, -0.2) is 8.42 Å². The Balaban J connectivity index is 1.88. The van der Waals surface area contributed by atoms with Crippen molar-refractivity contribution in [3.05, 3.63) is 64.1 Å². The van der Waals surface area contributed by atoms with Gasteiger partial charge in [0.25, 0.3) is 0 Å². The Bertz CT molecular complexity index is 932. The molecule has 0 N–H and O–H groups in total. The van der Waals surface area contributed by atoms with Gasteiger partial charge >= 0.3 is 0 Å². The number of hydrogen-bond acceptors (Lipinski definition) is 4. The fourth-order valence-electron chi connectivity index (χ4n) is 2.87. The maximum atomic E-state index is 13.2. The highest BCUT2D eigenvalue weighted by molar-refractivity contribution is 7.89. The highest BCUT2D eigenvalue weighted by atomic mass is 35.5. The Kier molecular flexibility index (Phi) is 6.95. The molecule has 9 heteroatoms. The summed E-state index contributed by atoms with van der Waals surface area (Å²) in [4.78, 5) is 14.5. The van der Waals surface area contributed by atoms with Crippen LogP contribution in [0.25, 0.3) is 0 Å². The zero-order chi connectivity index (χ0) is 20.1. The second-order valence-corrected chi connectivity index (χ2v) is 9.08. The normalized spacial score (nSPS) is 15.0. The van der Waals surface area contributed by atoms with E-state index in [1.165, 1.54) is 16.4 Å². The molecule has 1 aliphatic rings. The van der Waals surface area contributed by atoms with E-state index in [1.807, 2.05) is 0 Å². The van der Waals surface area contributed by atoms with Gasteiger partial charge in [0.2, 0.25) is 15.9 Å². The van der Waals surface area contributed by atoms with E-state index < -0.39 is 10.0 Å². The smallest absolute Gasteiger partial charge is 0.243 e. The van der Waals surface area contributed by atoms with Crippen LogP contribution in [0.3, 0.4) is 0 Å². The minimum atomic E-state index is -3.88. The molecule has 1 amide bonds. The average molecular weight is 443 g/mol. The topological polar surface area (TPSA) is 66.9 Å². The Labute approximate surface area is 174 Å². The van der Waals surface area contributed by atoms with Crippen molar-refractivity contribution in [3.63, 3.8) is 0 Å². The largest absolute Gasteiger partial charge is 0.378 e. The number of hydrogen-bond donors (Lipinski definition) is 0. The molecule has 150 valence electrons. The predicted molar refractivity (Wildman–Crippen MR) is 108 cm³/mol. The minimum absolute atomic E-state index is 0.00416. The summed E-state index contributed by atoms with van der Waals surface area (Å²) in [6, 6.07) is 13.0. The third kappa shape index (κ3) is 5.04. The predicted octanol–water partition coefficient (Wildman–Crippen LogP) is 3.04. The van der Waals surface area contributed by atoms with Crippen LogP contribution in [0.4, 0.5) is 0 Å². The number of halogens is 2. The first-order chi connectivity index (χ1) is 13.4. The van der Waals surface area contributed by atoms with Crippen LogP contribution in [0.5, 0.6) is 0 Å². The molecule has 28 heavy (non-hydrogen) atoms. The van der Waals surface area contributed by atoms with Crippen molar-refractivity contribution in [2.45, 2.75) is 11.4 Å². The van der Waals surface area contributed by atoms with Gasteiger partial charge in [0.05, 0.1) is 34.7 Å². The monoisotopic (exact) mass is 442 g/mol. The highest BCUT2D eigenvalue weighted by Crippen LogP contribution is 2.25. The van der Waals surface area contributed by atoms with Gasteiger partial charge in [0.15, 0.2) is 0 Å². The number of nitrogens with zero attached hydrogens (tertiary/aromatic N) is 2. The van der Waals surface area contributed by atoms with Crippen molar-refractivity contribution in [3.8, 4) is 0 Å². The summed E-state index contributed by atoms with van der Waals surface area (Å²) >= 11 is 12.0. The first kappa shape index (κ1) is 21.1. The summed E-state index contributed by atoms with van der Waals surface area (Å²) in [7, 11) is -3.88. The molecule has 2 aromatic rings. The minimum Gasteiger partial charge on any atom is -0.378 e. The number of morpholine rings is 1. The van der Waals surface area contributed by atoms with Crippen LogP contribution in [-0.4, -0.2) is 56.4 Å². The molecule has 1 fully saturated rings. The molecule has 2 aromatic carbocycles. The summed E-state index contributed by atoms with van der Waals surface area (Å²) in [5.74, 6) is -0.261. The third-order valence-corrected chi connectivity index (χ3v) is 6.94. The molecule has 0 saturated carbocycles. The molecule has 3 rings (SSSR count). The Hall–Kier alpha value is -1.64. The molecule has 0 aliphatic carbocycles. The van der Waals surface area contributed by atoms with E-state index in [2.05, 4.69) is 0 Å². The molecule has 1 saturated heterocycles.